The Morgan fingerprint density at radius 2 is 2.12 bits per heavy atom. The molecule has 1 rings (SSSR count). The van der Waals surface area contributed by atoms with Gasteiger partial charge in [-0.05, 0) is 19.1 Å². The maximum atomic E-state index is 11.4. The Bertz CT molecular complexity index is 460. The highest BCUT2D eigenvalue weighted by Crippen LogP contribution is 2.17. The van der Waals surface area contributed by atoms with Crippen molar-refractivity contribution >= 4 is 29.5 Å². The van der Waals surface area contributed by atoms with E-state index in [2.05, 4.69) is 11.9 Å². The predicted octanol–water partition coefficient (Wildman–Crippen LogP) is 2.44. The van der Waals surface area contributed by atoms with Gasteiger partial charge in [-0.2, -0.15) is 0 Å². The summed E-state index contributed by atoms with van der Waals surface area (Å²) in [6.45, 7) is 5.10. The SMILES string of the molecule is C=C(C)C(=O)Nc1cccc(OC(=O)NCl)c1. The molecular formula is C11H11ClN2O3. The lowest BCUT2D eigenvalue weighted by Gasteiger charge is -2.07. The van der Waals surface area contributed by atoms with Crippen LogP contribution in [0.15, 0.2) is 36.4 Å². The van der Waals surface area contributed by atoms with Gasteiger partial charge in [-0.15, -0.1) is 0 Å². The summed E-state index contributed by atoms with van der Waals surface area (Å²) in [5.41, 5.74) is 0.882. The van der Waals surface area contributed by atoms with Crippen molar-refractivity contribution in [2.24, 2.45) is 0 Å². The van der Waals surface area contributed by atoms with Crippen molar-refractivity contribution in [3.63, 3.8) is 0 Å². The summed E-state index contributed by atoms with van der Waals surface area (Å²) in [7, 11) is 0. The number of benzene rings is 1. The van der Waals surface area contributed by atoms with E-state index in [1.54, 1.807) is 30.0 Å². The first-order valence-electron chi connectivity index (χ1n) is 4.68. The van der Waals surface area contributed by atoms with Crippen molar-refractivity contribution in [3.05, 3.63) is 36.4 Å². The zero-order valence-corrected chi connectivity index (χ0v) is 9.88. The Morgan fingerprint density at radius 1 is 1.41 bits per heavy atom. The molecule has 17 heavy (non-hydrogen) atoms. The Kier molecular flexibility index (Phi) is 4.54. The van der Waals surface area contributed by atoms with Gasteiger partial charge in [0.15, 0.2) is 0 Å². The Labute approximate surface area is 104 Å². The fraction of sp³-hybridized carbons (Fsp3) is 0.0909. The van der Waals surface area contributed by atoms with Gasteiger partial charge in [0.2, 0.25) is 0 Å². The monoisotopic (exact) mass is 254 g/mol. The van der Waals surface area contributed by atoms with Crippen molar-refractivity contribution in [3.8, 4) is 5.75 Å². The molecule has 6 heteroatoms. The van der Waals surface area contributed by atoms with Crippen LogP contribution in [0.2, 0.25) is 0 Å². The second kappa shape index (κ2) is 5.91. The minimum absolute atomic E-state index is 0.266. The molecular weight excluding hydrogens is 244 g/mol. The largest absolute Gasteiger partial charge is 0.427 e. The van der Waals surface area contributed by atoms with Gasteiger partial charge in [-0.25, -0.2) is 9.63 Å². The van der Waals surface area contributed by atoms with E-state index in [1.807, 2.05) is 0 Å². The summed E-state index contributed by atoms with van der Waals surface area (Å²) < 4.78 is 4.79. The maximum Gasteiger partial charge on any atom is 0.427 e. The number of nitrogens with one attached hydrogen (secondary N) is 2. The normalized spacial score (nSPS) is 9.29. The number of hydrogen-bond acceptors (Lipinski definition) is 3. The molecule has 0 fully saturated rings. The summed E-state index contributed by atoms with van der Waals surface area (Å²) in [6, 6.07) is 6.34. The summed E-state index contributed by atoms with van der Waals surface area (Å²) in [5, 5.41) is 2.59. The predicted molar refractivity (Wildman–Crippen MR) is 64.9 cm³/mol. The first kappa shape index (κ1) is 13.1. The van der Waals surface area contributed by atoms with Gasteiger partial charge in [0.05, 0.1) is 0 Å². The van der Waals surface area contributed by atoms with E-state index in [0.717, 1.165) is 0 Å². The Morgan fingerprint density at radius 3 is 2.71 bits per heavy atom. The Balaban J connectivity index is 2.75. The molecule has 0 saturated carbocycles. The summed E-state index contributed by atoms with van der Waals surface area (Å²) in [5.74, 6) is -0.0355. The highest BCUT2D eigenvalue weighted by atomic mass is 35.5. The standard InChI is InChI=1S/C11H11ClN2O3/c1-7(2)10(15)13-8-4-3-5-9(6-8)17-11(16)14-12/h3-6H,1H2,2H3,(H,13,15)(H,14,16). The van der Waals surface area contributed by atoms with Crippen LogP contribution in [0.25, 0.3) is 0 Å². The third-order valence-electron chi connectivity index (χ3n) is 1.77. The molecule has 2 N–H and O–H groups in total. The van der Waals surface area contributed by atoms with Crippen LogP contribution in [-0.4, -0.2) is 12.0 Å². The van der Waals surface area contributed by atoms with E-state index in [1.165, 1.54) is 6.07 Å². The minimum atomic E-state index is -0.796. The number of rotatable bonds is 3. The van der Waals surface area contributed by atoms with Crippen LogP contribution in [0, 0.1) is 0 Å². The molecule has 0 spiro atoms. The highest BCUT2D eigenvalue weighted by molar-refractivity contribution is 6.20. The van der Waals surface area contributed by atoms with Gasteiger partial charge >= 0.3 is 6.09 Å². The van der Waals surface area contributed by atoms with Gasteiger partial charge in [-0.1, -0.05) is 12.6 Å². The molecule has 90 valence electrons. The summed E-state index contributed by atoms with van der Waals surface area (Å²) in [4.78, 5) is 24.0. The van der Waals surface area contributed by atoms with Crippen molar-refractivity contribution < 1.29 is 14.3 Å². The maximum absolute atomic E-state index is 11.4. The quantitative estimate of drug-likeness (QED) is 0.643. The van der Waals surface area contributed by atoms with Crippen LogP contribution in [0.5, 0.6) is 5.75 Å². The molecule has 0 aliphatic heterocycles. The Hall–Kier alpha value is -2.01. The van der Waals surface area contributed by atoms with Crippen molar-refractivity contribution in [1.29, 1.82) is 0 Å². The molecule has 0 aliphatic rings. The first-order valence-corrected chi connectivity index (χ1v) is 5.06. The lowest BCUT2D eigenvalue weighted by atomic mass is 10.2. The molecule has 0 unspecified atom stereocenters. The third-order valence-corrected chi connectivity index (χ3v) is 1.92. The average molecular weight is 255 g/mol. The van der Waals surface area contributed by atoms with E-state index in [9.17, 15) is 9.59 Å². The van der Waals surface area contributed by atoms with Gasteiger partial charge in [0.1, 0.15) is 5.75 Å². The van der Waals surface area contributed by atoms with Crippen molar-refractivity contribution in [1.82, 2.24) is 4.84 Å². The van der Waals surface area contributed by atoms with Gasteiger partial charge < -0.3 is 10.1 Å². The molecule has 0 radical (unpaired) electrons. The van der Waals surface area contributed by atoms with Crippen LogP contribution >= 0.6 is 11.8 Å². The lowest BCUT2D eigenvalue weighted by Crippen LogP contribution is -2.17. The molecule has 0 heterocycles. The topological polar surface area (TPSA) is 67.4 Å². The van der Waals surface area contributed by atoms with Crippen LogP contribution < -0.4 is 14.9 Å². The van der Waals surface area contributed by atoms with Crippen LogP contribution in [-0.2, 0) is 4.79 Å². The minimum Gasteiger partial charge on any atom is -0.409 e. The number of amides is 2. The molecule has 0 aliphatic carbocycles. The third kappa shape index (κ3) is 4.16. The highest BCUT2D eigenvalue weighted by Gasteiger charge is 2.05. The van der Waals surface area contributed by atoms with Gasteiger partial charge in [0.25, 0.3) is 5.91 Å². The van der Waals surface area contributed by atoms with Gasteiger partial charge in [0, 0.05) is 29.1 Å². The fourth-order valence-electron chi connectivity index (χ4n) is 1.00. The molecule has 0 aromatic heterocycles. The van der Waals surface area contributed by atoms with Crippen molar-refractivity contribution in [2.45, 2.75) is 6.92 Å². The van der Waals surface area contributed by atoms with E-state index in [0.29, 0.717) is 11.3 Å². The van der Waals surface area contributed by atoms with Gasteiger partial charge in [-0.3, -0.25) is 4.79 Å². The van der Waals surface area contributed by atoms with Crippen LogP contribution in [0.1, 0.15) is 6.92 Å². The smallest absolute Gasteiger partial charge is 0.409 e. The molecule has 1 aromatic carbocycles. The second-order valence-electron chi connectivity index (χ2n) is 3.25. The first-order chi connectivity index (χ1) is 8.02. The second-order valence-corrected chi connectivity index (χ2v) is 3.44. The number of carbonyl (C=O) groups excluding carboxylic acids is 2. The zero-order chi connectivity index (χ0) is 12.8. The average Bonchev–Trinajstić information content (AvgIpc) is 2.29. The number of halogens is 1. The van der Waals surface area contributed by atoms with E-state index >= 15 is 0 Å². The van der Waals surface area contributed by atoms with E-state index < -0.39 is 6.09 Å². The van der Waals surface area contributed by atoms with Crippen LogP contribution in [0.4, 0.5) is 10.5 Å². The number of ether oxygens (including phenoxy) is 1. The number of anilines is 1. The zero-order valence-electron chi connectivity index (χ0n) is 9.12. The number of hydrogen-bond donors (Lipinski definition) is 2. The summed E-state index contributed by atoms with van der Waals surface area (Å²) >= 11 is 5.06. The van der Waals surface area contributed by atoms with E-state index in [4.69, 9.17) is 16.5 Å². The van der Waals surface area contributed by atoms with E-state index in [-0.39, 0.29) is 11.7 Å². The van der Waals surface area contributed by atoms with Crippen molar-refractivity contribution in [2.75, 3.05) is 5.32 Å². The molecule has 1 aromatic rings. The molecule has 2 amide bonds. The molecule has 0 bridgehead atoms. The molecule has 5 nitrogen and oxygen atoms in total. The van der Waals surface area contributed by atoms with Crippen LogP contribution in [0.3, 0.4) is 0 Å². The summed E-state index contributed by atoms with van der Waals surface area (Å²) in [6.07, 6.45) is -0.796. The lowest BCUT2D eigenvalue weighted by molar-refractivity contribution is -0.112. The number of carbonyl (C=O) groups is 2. The molecule has 0 atom stereocenters. The molecule has 0 saturated heterocycles. The fourth-order valence-corrected chi connectivity index (χ4v) is 1.04.